The van der Waals surface area contributed by atoms with E-state index in [2.05, 4.69) is 6.92 Å². The van der Waals surface area contributed by atoms with Crippen LogP contribution in [-0.4, -0.2) is 29.1 Å². The molecule has 0 radical (unpaired) electrons. The van der Waals surface area contributed by atoms with Crippen LogP contribution in [0.25, 0.3) is 0 Å². The van der Waals surface area contributed by atoms with Gasteiger partial charge in [-0.25, -0.2) is 9.78 Å². The highest BCUT2D eigenvalue weighted by molar-refractivity contribution is 5.08. The lowest BCUT2D eigenvalue weighted by atomic mass is 9.58. The van der Waals surface area contributed by atoms with Gasteiger partial charge in [0.1, 0.15) is 0 Å². The first-order valence-electron chi connectivity index (χ1n) is 7.84. The minimum absolute atomic E-state index is 0.0379. The molecule has 0 aromatic heterocycles. The summed E-state index contributed by atoms with van der Waals surface area (Å²) in [4.78, 5) is 11.6. The smallest absolute Gasteiger partial charge is 0.201 e. The molecule has 1 spiro atoms. The Morgan fingerprint density at radius 1 is 1.05 bits per heavy atom. The van der Waals surface area contributed by atoms with Gasteiger partial charge in [-0.15, -0.1) is 0 Å². The SMILES string of the molecule is C[C@H]1[C@@H](O)O[C@H]2O[C@@]3(C)CC[C@H]4[C@H](C)CC[C@@H]1[C@@]24OO3. The molecule has 5 fully saturated rings. The molecule has 0 amide bonds. The van der Waals surface area contributed by atoms with Crippen LogP contribution in [0.2, 0.25) is 0 Å². The van der Waals surface area contributed by atoms with E-state index in [0.717, 1.165) is 19.3 Å². The molecule has 1 N–H and O–H groups in total. The maximum absolute atomic E-state index is 10.2. The topological polar surface area (TPSA) is 57.2 Å². The van der Waals surface area contributed by atoms with E-state index in [1.54, 1.807) is 0 Å². The lowest BCUT2D eigenvalue weighted by Crippen LogP contribution is -2.70. The van der Waals surface area contributed by atoms with E-state index in [1.807, 2.05) is 13.8 Å². The molecule has 20 heavy (non-hydrogen) atoms. The van der Waals surface area contributed by atoms with Crippen molar-refractivity contribution < 1.29 is 24.4 Å². The van der Waals surface area contributed by atoms with Crippen molar-refractivity contribution in [3.8, 4) is 0 Å². The predicted molar refractivity (Wildman–Crippen MR) is 69.0 cm³/mol. The molecule has 5 nitrogen and oxygen atoms in total. The quantitative estimate of drug-likeness (QED) is 0.691. The molecular formula is C15H24O5. The second kappa shape index (κ2) is 4.17. The van der Waals surface area contributed by atoms with Crippen LogP contribution in [0.15, 0.2) is 0 Å². The summed E-state index contributed by atoms with van der Waals surface area (Å²) in [6.45, 7) is 6.22. The Morgan fingerprint density at radius 3 is 2.65 bits per heavy atom. The summed E-state index contributed by atoms with van der Waals surface area (Å²) in [7, 11) is 0. The first-order valence-corrected chi connectivity index (χ1v) is 7.84. The van der Waals surface area contributed by atoms with Crippen LogP contribution in [0.3, 0.4) is 0 Å². The second-order valence-corrected chi connectivity index (χ2v) is 7.30. The molecule has 4 saturated heterocycles. The van der Waals surface area contributed by atoms with Crippen LogP contribution in [-0.2, 0) is 19.2 Å². The standard InChI is InChI=1S/C15H24O5/c1-8-4-5-11-9(2)12(16)17-13-15(11)10(8)6-7-14(3,18-13)19-20-15/h8-13,16H,4-7H2,1-3H3/t8-,9-,10+,11+,12+,13+,14-,15-/m1/s1. The van der Waals surface area contributed by atoms with Crippen LogP contribution in [0.4, 0.5) is 0 Å². The average Bonchev–Trinajstić information content (AvgIpc) is 2.63. The lowest BCUT2D eigenvalue weighted by Gasteiger charge is -2.59. The van der Waals surface area contributed by atoms with Gasteiger partial charge in [-0.2, -0.15) is 0 Å². The largest absolute Gasteiger partial charge is 0.368 e. The number of hydrogen-bond donors (Lipinski definition) is 1. The van der Waals surface area contributed by atoms with Crippen LogP contribution >= 0.6 is 0 Å². The summed E-state index contributed by atoms with van der Waals surface area (Å²) in [6.07, 6.45) is 2.72. The molecule has 5 heteroatoms. The normalized spacial score (nSPS) is 61.8. The number of ether oxygens (including phenoxy) is 2. The van der Waals surface area contributed by atoms with Gasteiger partial charge in [-0.3, -0.25) is 0 Å². The van der Waals surface area contributed by atoms with E-state index in [4.69, 9.17) is 19.2 Å². The number of aliphatic hydroxyl groups is 1. The fraction of sp³-hybridized carbons (Fsp3) is 1.00. The Bertz CT molecular complexity index is 411. The molecule has 4 aliphatic heterocycles. The summed E-state index contributed by atoms with van der Waals surface area (Å²) in [5.74, 6) is 0.437. The Balaban J connectivity index is 1.82. The molecule has 5 rings (SSSR count). The molecule has 0 aromatic rings. The monoisotopic (exact) mass is 284 g/mol. The van der Waals surface area contributed by atoms with Crippen molar-refractivity contribution in [3.05, 3.63) is 0 Å². The highest BCUT2D eigenvalue weighted by Gasteiger charge is 2.69. The molecule has 2 bridgehead atoms. The van der Waals surface area contributed by atoms with Crippen molar-refractivity contribution in [2.24, 2.45) is 23.7 Å². The van der Waals surface area contributed by atoms with E-state index in [9.17, 15) is 5.11 Å². The van der Waals surface area contributed by atoms with Gasteiger partial charge in [0, 0.05) is 18.3 Å². The predicted octanol–water partition coefficient (Wildman–Crippen LogP) is 2.19. The summed E-state index contributed by atoms with van der Waals surface area (Å²) in [5.41, 5.74) is -0.549. The fourth-order valence-electron chi connectivity index (χ4n) is 4.89. The molecule has 4 heterocycles. The molecule has 5 aliphatic rings. The van der Waals surface area contributed by atoms with E-state index < -0.39 is 24.0 Å². The van der Waals surface area contributed by atoms with E-state index in [1.165, 1.54) is 6.42 Å². The number of hydrogen-bond acceptors (Lipinski definition) is 5. The van der Waals surface area contributed by atoms with E-state index in [0.29, 0.717) is 11.8 Å². The van der Waals surface area contributed by atoms with Gasteiger partial charge in [0.05, 0.1) is 0 Å². The summed E-state index contributed by atoms with van der Waals surface area (Å²) >= 11 is 0. The Kier molecular flexibility index (Phi) is 2.81. The van der Waals surface area contributed by atoms with Crippen molar-refractivity contribution in [1.82, 2.24) is 0 Å². The van der Waals surface area contributed by atoms with Gasteiger partial charge < -0.3 is 14.6 Å². The Morgan fingerprint density at radius 2 is 1.85 bits per heavy atom. The third kappa shape index (κ3) is 1.56. The van der Waals surface area contributed by atoms with Crippen LogP contribution in [0, 0.1) is 23.7 Å². The average molecular weight is 284 g/mol. The molecule has 0 unspecified atom stereocenters. The van der Waals surface area contributed by atoms with Crippen molar-refractivity contribution in [1.29, 1.82) is 0 Å². The van der Waals surface area contributed by atoms with Gasteiger partial charge >= 0.3 is 0 Å². The summed E-state index contributed by atoms with van der Waals surface area (Å²) in [5, 5.41) is 10.2. The highest BCUT2D eigenvalue weighted by Crippen LogP contribution is 2.60. The van der Waals surface area contributed by atoms with Gasteiger partial charge in [0.15, 0.2) is 18.2 Å². The maximum Gasteiger partial charge on any atom is 0.201 e. The third-order valence-corrected chi connectivity index (χ3v) is 6.12. The van der Waals surface area contributed by atoms with Crippen LogP contribution in [0.1, 0.15) is 46.5 Å². The molecule has 1 saturated carbocycles. The molecular weight excluding hydrogens is 260 g/mol. The van der Waals surface area contributed by atoms with Crippen LogP contribution < -0.4 is 0 Å². The number of aliphatic hydroxyl groups excluding tert-OH is 1. The molecule has 8 atom stereocenters. The zero-order chi connectivity index (χ0) is 14.1. The lowest BCUT2D eigenvalue weighted by molar-refractivity contribution is -0.576. The Labute approximate surface area is 119 Å². The van der Waals surface area contributed by atoms with Crippen molar-refractivity contribution in [2.75, 3.05) is 0 Å². The first kappa shape index (κ1) is 13.5. The van der Waals surface area contributed by atoms with Gasteiger partial charge in [-0.1, -0.05) is 13.8 Å². The van der Waals surface area contributed by atoms with Gasteiger partial charge in [0.2, 0.25) is 5.79 Å². The molecule has 114 valence electrons. The summed E-state index contributed by atoms with van der Waals surface area (Å²) in [6, 6.07) is 0. The van der Waals surface area contributed by atoms with E-state index >= 15 is 0 Å². The highest BCUT2D eigenvalue weighted by atomic mass is 17.3. The minimum Gasteiger partial charge on any atom is -0.368 e. The number of fused-ring (bicyclic) bond motifs is 2. The Hall–Kier alpha value is -0.200. The van der Waals surface area contributed by atoms with Crippen molar-refractivity contribution in [3.63, 3.8) is 0 Å². The zero-order valence-corrected chi connectivity index (χ0v) is 12.4. The number of rotatable bonds is 0. The molecule has 1 aliphatic carbocycles. The van der Waals surface area contributed by atoms with Crippen molar-refractivity contribution in [2.45, 2.75) is 70.4 Å². The third-order valence-electron chi connectivity index (χ3n) is 6.12. The second-order valence-electron chi connectivity index (χ2n) is 7.30. The summed E-state index contributed by atoms with van der Waals surface area (Å²) < 4.78 is 11.9. The van der Waals surface area contributed by atoms with E-state index in [-0.39, 0.29) is 11.8 Å². The minimum atomic E-state index is -0.781. The first-order chi connectivity index (χ1) is 9.46. The van der Waals surface area contributed by atoms with Crippen LogP contribution in [0.5, 0.6) is 0 Å². The maximum atomic E-state index is 10.2. The molecule has 0 aromatic carbocycles. The van der Waals surface area contributed by atoms with Gasteiger partial charge in [0.25, 0.3) is 0 Å². The van der Waals surface area contributed by atoms with Crippen molar-refractivity contribution >= 4 is 0 Å². The fourth-order valence-corrected chi connectivity index (χ4v) is 4.89. The van der Waals surface area contributed by atoms with Gasteiger partial charge in [-0.05, 0) is 38.0 Å². The zero-order valence-electron chi connectivity index (χ0n) is 12.4.